The van der Waals surface area contributed by atoms with E-state index < -0.39 is 30.1 Å². The van der Waals surface area contributed by atoms with Gasteiger partial charge in [0.15, 0.2) is 29.2 Å². The zero-order valence-corrected chi connectivity index (χ0v) is 19.2. The Morgan fingerprint density at radius 2 is 2.11 bits per heavy atom. The van der Waals surface area contributed by atoms with Crippen LogP contribution < -0.4 is 16.4 Å². The van der Waals surface area contributed by atoms with Crippen molar-refractivity contribution < 1.29 is 24.9 Å². The number of benzene rings is 1. The molecule has 1 saturated heterocycles. The number of nitrogen functional groups attached to an aromatic ring is 1. The van der Waals surface area contributed by atoms with Gasteiger partial charge in [-0.15, -0.1) is 11.3 Å². The smallest absolute Gasteiger partial charge is 0.286 e. The first kappa shape index (κ1) is 23.1. The largest absolute Gasteiger partial charge is 0.398 e. The Hall–Kier alpha value is -3.69. The number of thiazole rings is 1. The van der Waals surface area contributed by atoms with E-state index in [1.807, 2.05) is 17.5 Å². The molecule has 13 nitrogen and oxygen atoms in total. The molecule has 0 spiro atoms. The SMILES string of the molecule is CNC(=O)[C@H]1O[C@](O)(n2cnc3c(NCc4ccc(N)c(-c5nccs5)c4)ncnc32)[C@H](O)[C@@H]1O. The number of nitrogens with one attached hydrogen (secondary N) is 2. The summed E-state index contributed by atoms with van der Waals surface area (Å²) in [6.45, 7) is 0.373. The maximum atomic E-state index is 12.0. The van der Waals surface area contributed by atoms with E-state index >= 15 is 0 Å². The van der Waals surface area contributed by atoms with Gasteiger partial charge in [0.1, 0.15) is 23.8 Å². The van der Waals surface area contributed by atoms with Gasteiger partial charge < -0.3 is 36.4 Å². The lowest BCUT2D eigenvalue weighted by Gasteiger charge is -2.27. The van der Waals surface area contributed by atoms with Crippen molar-refractivity contribution in [3.63, 3.8) is 0 Å². The van der Waals surface area contributed by atoms with Crippen LogP contribution >= 0.6 is 11.3 Å². The molecular weight excluding hydrogens is 476 g/mol. The molecule has 1 fully saturated rings. The summed E-state index contributed by atoms with van der Waals surface area (Å²) in [5.41, 5.74) is 8.88. The normalized spacial score (nSPS) is 24.1. The van der Waals surface area contributed by atoms with Crippen molar-refractivity contribution in [3.05, 3.63) is 48.0 Å². The summed E-state index contributed by atoms with van der Waals surface area (Å²) in [5, 5.41) is 40.0. The summed E-state index contributed by atoms with van der Waals surface area (Å²) in [6.07, 6.45) is -0.843. The molecule has 0 bridgehead atoms. The molecule has 4 aromatic rings. The van der Waals surface area contributed by atoms with Crippen LogP contribution in [-0.4, -0.2) is 71.1 Å². The fourth-order valence-corrected chi connectivity index (χ4v) is 4.58. The lowest BCUT2D eigenvalue weighted by atomic mass is 10.1. The minimum absolute atomic E-state index is 0.120. The van der Waals surface area contributed by atoms with E-state index in [0.29, 0.717) is 18.1 Å². The van der Waals surface area contributed by atoms with E-state index in [1.165, 1.54) is 31.0 Å². The number of carbonyl (C=O) groups is 1. The number of aliphatic hydroxyl groups excluding tert-OH is 2. The second-order valence-electron chi connectivity index (χ2n) is 7.87. The van der Waals surface area contributed by atoms with Crippen molar-refractivity contribution in [3.8, 4) is 10.6 Å². The van der Waals surface area contributed by atoms with E-state index in [0.717, 1.165) is 20.7 Å². The maximum absolute atomic E-state index is 12.0. The van der Waals surface area contributed by atoms with Gasteiger partial charge in [0.2, 0.25) is 0 Å². The van der Waals surface area contributed by atoms with Crippen LogP contribution in [0.5, 0.6) is 0 Å². The molecule has 5 rings (SSSR count). The third-order valence-corrected chi connectivity index (χ3v) is 6.55. The monoisotopic (exact) mass is 498 g/mol. The molecule has 7 N–H and O–H groups in total. The average Bonchev–Trinajstić information content (AvgIpc) is 3.60. The average molecular weight is 499 g/mol. The molecule has 1 aromatic carbocycles. The van der Waals surface area contributed by atoms with Crippen LogP contribution in [0.15, 0.2) is 42.4 Å². The first-order chi connectivity index (χ1) is 16.8. The number of hydrogen-bond donors (Lipinski definition) is 6. The number of fused-ring (bicyclic) bond motifs is 1. The summed E-state index contributed by atoms with van der Waals surface area (Å²) in [7, 11) is 1.35. The van der Waals surface area contributed by atoms with Crippen molar-refractivity contribution in [2.45, 2.75) is 30.8 Å². The van der Waals surface area contributed by atoms with E-state index in [-0.39, 0.29) is 11.2 Å². The number of hydrogen-bond acceptors (Lipinski definition) is 12. The molecule has 1 aliphatic rings. The van der Waals surface area contributed by atoms with Gasteiger partial charge >= 0.3 is 0 Å². The Labute approximate surface area is 202 Å². The molecule has 0 unspecified atom stereocenters. The Balaban J connectivity index is 1.42. The maximum Gasteiger partial charge on any atom is 0.286 e. The minimum atomic E-state index is -2.48. The van der Waals surface area contributed by atoms with E-state index in [4.69, 9.17) is 10.5 Å². The Morgan fingerprint density at radius 1 is 1.29 bits per heavy atom. The summed E-state index contributed by atoms with van der Waals surface area (Å²) >= 11 is 1.49. The summed E-state index contributed by atoms with van der Waals surface area (Å²) in [4.78, 5) is 28.9. The highest BCUT2D eigenvalue weighted by molar-refractivity contribution is 7.13. The molecule has 14 heteroatoms. The van der Waals surface area contributed by atoms with Crippen molar-refractivity contribution in [2.75, 3.05) is 18.1 Å². The van der Waals surface area contributed by atoms with Crippen LogP contribution in [0, 0.1) is 0 Å². The van der Waals surface area contributed by atoms with Crippen LogP contribution in [0.2, 0.25) is 0 Å². The number of nitrogens with two attached hydrogens (primary N) is 1. The summed E-state index contributed by atoms with van der Waals surface area (Å²) < 4.78 is 6.43. The molecule has 0 saturated carbocycles. The van der Waals surface area contributed by atoms with Gasteiger partial charge in [-0.3, -0.25) is 9.36 Å². The number of imidazole rings is 1. The second kappa shape index (κ2) is 8.83. The zero-order chi connectivity index (χ0) is 24.7. The first-order valence-corrected chi connectivity index (χ1v) is 11.4. The van der Waals surface area contributed by atoms with Gasteiger partial charge in [-0.25, -0.2) is 19.9 Å². The lowest BCUT2D eigenvalue weighted by Crippen LogP contribution is -2.45. The number of carbonyl (C=O) groups excluding carboxylic acids is 1. The number of aromatic nitrogens is 5. The summed E-state index contributed by atoms with van der Waals surface area (Å²) in [6, 6.07) is 5.62. The molecule has 1 amide bonds. The van der Waals surface area contributed by atoms with E-state index in [1.54, 1.807) is 12.3 Å². The van der Waals surface area contributed by atoms with Crippen molar-refractivity contribution >= 4 is 39.9 Å². The first-order valence-electron chi connectivity index (χ1n) is 10.5. The zero-order valence-electron chi connectivity index (χ0n) is 18.4. The highest BCUT2D eigenvalue weighted by atomic mass is 32.1. The third-order valence-electron chi connectivity index (χ3n) is 5.74. The van der Waals surface area contributed by atoms with Crippen LogP contribution in [0.3, 0.4) is 0 Å². The summed E-state index contributed by atoms with van der Waals surface area (Å²) in [5.74, 6) is -2.81. The fourth-order valence-electron chi connectivity index (χ4n) is 3.90. The van der Waals surface area contributed by atoms with Crippen LogP contribution in [0.4, 0.5) is 11.5 Å². The molecule has 1 aliphatic heterocycles. The quantitative estimate of drug-likeness (QED) is 0.190. The van der Waals surface area contributed by atoms with E-state index in [2.05, 4.69) is 30.6 Å². The fraction of sp³-hybridized carbons (Fsp3) is 0.286. The second-order valence-corrected chi connectivity index (χ2v) is 8.76. The number of ether oxygens (including phenoxy) is 1. The molecule has 3 aromatic heterocycles. The molecule has 4 heterocycles. The molecule has 35 heavy (non-hydrogen) atoms. The topological polar surface area (TPSA) is 194 Å². The van der Waals surface area contributed by atoms with Crippen LogP contribution in [0.25, 0.3) is 21.7 Å². The molecular formula is C21H22N8O5S. The predicted octanol–water partition coefficient (Wildman–Crippen LogP) is -0.387. The van der Waals surface area contributed by atoms with Crippen LogP contribution in [0.1, 0.15) is 5.56 Å². The molecule has 0 aliphatic carbocycles. The van der Waals surface area contributed by atoms with Gasteiger partial charge in [-0.2, -0.15) is 0 Å². The number of anilines is 2. The minimum Gasteiger partial charge on any atom is -0.398 e. The highest BCUT2D eigenvalue weighted by Gasteiger charge is 2.57. The standard InChI is InChI=1S/C21H22N8O5S/c1-23-19(32)15-14(30)16(31)21(33,34-15)29-9-28-13-17(26-8-27-18(13)29)25-7-10-2-3-12(22)11(6-10)20-24-4-5-35-20/h2-6,8-9,14-16,30-31,33H,7,22H2,1H3,(H,23,32)(H,25,26,27)/t14-,15+,16-,21+/m1/s1. The van der Waals surface area contributed by atoms with Gasteiger partial charge in [0, 0.05) is 36.4 Å². The predicted molar refractivity (Wildman–Crippen MR) is 126 cm³/mol. The number of aliphatic hydroxyl groups is 3. The highest BCUT2D eigenvalue weighted by Crippen LogP contribution is 2.36. The number of rotatable bonds is 6. The van der Waals surface area contributed by atoms with Gasteiger partial charge in [-0.05, 0) is 17.7 Å². The number of nitrogens with zero attached hydrogens (tertiary/aromatic N) is 5. The molecule has 4 atom stereocenters. The lowest BCUT2D eigenvalue weighted by molar-refractivity contribution is -0.282. The Bertz CT molecular complexity index is 1380. The van der Waals surface area contributed by atoms with Crippen molar-refractivity contribution in [1.29, 1.82) is 0 Å². The van der Waals surface area contributed by atoms with Crippen molar-refractivity contribution in [1.82, 2.24) is 29.8 Å². The van der Waals surface area contributed by atoms with Crippen LogP contribution in [-0.2, 0) is 22.0 Å². The molecule has 0 radical (unpaired) electrons. The van der Waals surface area contributed by atoms with Crippen molar-refractivity contribution in [2.24, 2.45) is 0 Å². The van der Waals surface area contributed by atoms with Gasteiger partial charge in [-0.1, -0.05) is 6.07 Å². The Kier molecular flexibility index (Phi) is 5.82. The number of likely N-dealkylation sites (N-methyl/N-ethyl adjacent to an activating group) is 1. The van der Waals surface area contributed by atoms with Gasteiger partial charge in [0.25, 0.3) is 11.8 Å². The van der Waals surface area contributed by atoms with E-state index in [9.17, 15) is 20.1 Å². The van der Waals surface area contributed by atoms with Gasteiger partial charge in [0.05, 0.1) is 0 Å². The molecule has 182 valence electrons. The number of amides is 1. The Morgan fingerprint density at radius 3 is 2.86 bits per heavy atom. The third kappa shape index (κ3) is 3.86.